The van der Waals surface area contributed by atoms with E-state index in [4.69, 9.17) is 5.73 Å². The molecular weight excluding hydrogens is 510 g/mol. The molecule has 0 aliphatic carbocycles. The van der Waals surface area contributed by atoms with Crippen molar-refractivity contribution in [3.8, 4) is 0 Å². The predicted octanol–water partition coefficient (Wildman–Crippen LogP) is 4.62. The molecule has 0 aromatic carbocycles. The van der Waals surface area contributed by atoms with Gasteiger partial charge in [0, 0.05) is 19.4 Å². The molecule has 2 amide bonds. The van der Waals surface area contributed by atoms with Gasteiger partial charge in [0.1, 0.15) is 6.61 Å². The van der Waals surface area contributed by atoms with Crippen molar-refractivity contribution in [2.45, 2.75) is 162 Å². The fourth-order valence-electron chi connectivity index (χ4n) is 4.09. The van der Waals surface area contributed by atoms with E-state index in [0.29, 0.717) is 25.8 Å². The Morgan fingerprint density at radius 3 is 1.39 bits per heavy atom. The molecule has 0 bridgehead atoms. The fourth-order valence-corrected chi connectivity index (χ4v) is 4.37. The van der Waals surface area contributed by atoms with E-state index in [-0.39, 0.29) is 48.0 Å². The summed E-state index contributed by atoms with van der Waals surface area (Å²) in [6.45, 7) is 5.09. The van der Waals surface area contributed by atoms with Gasteiger partial charge in [-0.1, -0.05) is 129 Å². The second-order valence-electron chi connectivity index (χ2n) is 10.1. The van der Waals surface area contributed by atoms with Gasteiger partial charge in [0.25, 0.3) is 0 Å². The first kappa shape index (κ1) is 42.4. The van der Waals surface area contributed by atoms with Gasteiger partial charge in [-0.25, -0.2) is 0 Å². The van der Waals surface area contributed by atoms with Crippen LogP contribution >= 0.6 is 8.25 Å². The molecule has 0 aromatic rings. The standard InChI is InChI=1S/C17H34NO4P.C12H25NO.Na/c1-2-3-4-5-6-7-8-9-10-11-12-14-17(19)18-15-13-16-22-23(20)21;1-2-3-4-5-6-7-8-9-10-11-12(13)14;/h2-16H2,1H3,(H,18,19);2-11H2,1H3,(H2,13,14);/q;;+1. The maximum atomic E-state index is 11.5. The van der Waals surface area contributed by atoms with Gasteiger partial charge in [-0.2, -0.15) is 0 Å². The molecular formula is C29H59N2NaO5P+. The van der Waals surface area contributed by atoms with Crippen LogP contribution in [0.15, 0.2) is 0 Å². The van der Waals surface area contributed by atoms with Gasteiger partial charge in [0.2, 0.25) is 11.8 Å². The molecule has 0 saturated heterocycles. The van der Waals surface area contributed by atoms with E-state index in [1.54, 1.807) is 0 Å². The van der Waals surface area contributed by atoms with Crippen molar-refractivity contribution >= 4 is 20.1 Å². The fraction of sp³-hybridized carbons (Fsp3) is 0.931. The average Bonchev–Trinajstić information content (AvgIpc) is 2.86. The van der Waals surface area contributed by atoms with Crippen LogP contribution in [0.3, 0.4) is 0 Å². The molecule has 3 N–H and O–H groups in total. The summed E-state index contributed by atoms with van der Waals surface area (Å²) in [4.78, 5) is 32.1. The number of nitrogens with one attached hydrogen (secondary N) is 1. The molecule has 0 spiro atoms. The zero-order valence-electron chi connectivity index (χ0n) is 25.2. The third-order valence-corrected chi connectivity index (χ3v) is 6.77. The number of carbonyl (C=O) groups excluding carboxylic acids is 2. The molecule has 0 heterocycles. The molecule has 1 atom stereocenters. The van der Waals surface area contributed by atoms with E-state index in [1.807, 2.05) is 0 Å². The number of hydrogen-bond acceptors (Lipinski definition) is 5. The number of carbonyl (C=O) groups is 2. The Balaban J connectivity index is -0.000000703. The second-order valence-corrected chi connectivity index (χ2v) is 10.8. The van der Waals surface area contributed by atoms with Crippen LogP contribution in [0.5, 0.6) is 0 Å². The van der Waals surface area contributed by atoms with Crippen LogP contribution in [0.2, 0.25) is 0 Å². The van der Waals surface area contributed by atoms with Gasteiger partial charge in [0.15, 0.2) is 0 Å². The molecule has 7 nitrogen and oxygen atoms in total. The predicted molar refractivity (Wildman–Crippen MR) is 153 cm³/mol. The van der Waals surface area contributed by atoms with E-state index < -0.39 is 8.25 Å². The van der Waals surface area contributed by atoms with Crippen LogP contribution < -0.4 is 45.5 Å². The molecule has 0 aliphatic heterocycles. The molecule has 38 heavy (non-hydrogen) atoms. The van der Waals surface area contributed by atoms with Crippen LogP contribution in [-0.2, 0) is 18.7 Å². The third-order valence-electron chi connectivity index (χ3n) is 6.37. The Morgan fingerprint density at radius 1 is 0.658 bits per heavy atom. The number of unbranched alkanes of at least 4 members (excludes halogenated alkanes) is 18. The van der Waals surface area contributed by atoms with Gasteiger partial charge < -0.3 is 15.9 Å². The Kier molecular flexibility index (Phi) is 41.3. The van der Waals surface area contributed by atoms with Crippen LogP contribution in [0.25, 0.3) is 0 Å². The Bertz CT molecular complexity index is 527. The molecule has 0 fully saturated rings. The summed E-state index contributed by atoms with van der Waals surface area (Å²) >= 11 is 0. The van der Waals surface area contributed by atoms with E-state index in [9.17, 15) is 19.0 Å². The molecule has 0 aromatic heterocycles. The minimum Gasteiger partial charge on any atom is -0.566 e. The molecule has 0 radical (unpaired) electrons. The zero-order valence-corrected chi connectivity index (χ0v) is 28.1. The zero-order chi connectivity index (χ0) is 27.8. The maximum absolute atomic E-state index is 11.5. The molecule has 0 rings (SSSR count). The van der Waals surface area contributed by atoms with Crippen molar-refractivity contribution in [2.24, 2.45) is 5.73 Å². The normalized spacial score (nSPS) is 10.8. The minimum absolute atomic E-state index is 0. The Morgan fingerprint density at radius 2 is 1.03 bits per heavy atom. The number of nitrogens with two attached hydrogens (primary N) is 1. The summed E-state index contributed by atoms with van der Waals surface area (Å²) in [5.74, 6) is -0.111. The molecule has 1 unspecified atom stereocenters. The summed E-state index contributed by atoms with van der Waals surface area (Å²) in [7, 11) is -2.77. The first-order valence-corrected chi connectivity index (χ1v) is 16.4. The summed E-state index contributed by atoms with van der Waals surface area (Å²) < 4.78 is 14.6. The first-order chi connectivity index (χ1) is 17.9. The topological polar surface area (TPSA) is 122 Å². The Labute approximate surface area is 257 Å². The van der Waals surface area contributed by atoms with Crippen molar-refractivity contribution in [3.05, 3.63) is 0 Å². The number of rotatable bonds is 27. The van der Waals surface area contributed by atoms with Crippen molar-refractivity contribution < 1.29 is 53.1 Å². The van der Waals surface area contributed by atoms with Gasteiger partial charge >= 0.3 is 37.8 Å². The molecule has 9 heteroatoms. The third kappa shape index (κ3) is 43.0. The van der Waals surface area contributed by atoms with Gasteiger partial charge in [0.05, 0.1) is 0 Å². The molecule has 0 saturated carbocycles. The SMILES string of the molecule is CCCCCCCCCCCC(N)=O.CCCCCCCCCCCCCC(=O)NCCCO[P+](=O)[O-].[Na+]. The first-order valence-electron chi connectivity index (χ1n) is 15.3. The minimum atomic E-state index is -2.77. The van der Waals surface area contributed by atoms with E-state index in [1.165, 1.54) is 103 Å². The van der Waals surface area contributed by atoms with Crippen LogP contribution in [0, 0.1) is 0 Å². The number of amides is 2. The van der Waals surface area contributed by atoms with Gasteiger partial charge in [-0.3, -0.25) is 9.59 Å². The van der Waals surface area contributed by atoms with Crippen molar-refractivity contribution in [2.75, 3.05) is 13.2 Å². The van der Waals surface area contributed by atoms with Crippen molar-refractivity contribution in [1.82, 2.24) is 5.32 Å². The van der Waals surface area contributed by atoms with E-state index >= 15 is 0 Å². The maximum Gasteiger partial charge on any atom is 1.00 e. The molecule has 220 valence electrons. The second kappa shape index (κ2) is 37.0. The summed E-state index contributed by atoms with van der Waals surface area (Å²) in [5, 5.41) is 2.78. The Hall–Kier alpha value is -0.0400. The van der Waals surface area contributed by atoms with E-state index in [2.05, 4.69) is 23.7 Å². The van der Waals surface area contributed by atoms with E-state index in [0.717, 1.165) is 25.7 Å². The molecule has 0 aliphatic rings. The number of hydrogen-bond donors (Lipinski definition) is 2. The van der Waals surface area contributed by atoms with Crippen LogP contribution in [0.4, 0.5) is 0 Å². The average molecular weight is 570 g/mol. The largest absolute Gasteiger partial charge is 1.00 e. The summed E-state index contributed by atoms with van der Waals surface area (Å²) in [6.07, 6.45) is 27.2. The summed E-state index contributed by atoms with van der Waals surface area (Å²) in [6, 6.07) is 0. The smallest absolute Gasteiger partial charge is 0.566 e. The van der Waals surface area contributed by atoms with Crippen LogP contribution in [-0.4, -0.2) is 25.0 Å². The summed E-state index contributed by atoms with van der Waals surface area (Å²) in [5.41, 5.74) is 5.05. The van der Waals surface area contributed by atoms with Crippen LogP contribution in [0.1, 0.15) is 162 Å². The quantitative estimate of drug-likeness (QED) is 0.0849. The number of primary amides is 1. The van der Waals surface area contributed by atoms with Gasteiger partial charge in [-0.05, 0) is 23.8 Å². The monoisotopic (exact) mass is 569 g/mol. The van der Waals surface area contributed by atoms with Gasteiger partial charge in [-0.15, -0.1) is 4.52 Å². The van der Waals surface area contributed by atoms with Crippen molar-refractivity contribution in [3.63, 3.8) is 0 Å². The van der Waals surface area contributed by atoms with Crippen molar-refractivity contribution in [1.29, 1.82) is 0 Å².